The molecule has 0 aromatic heterocycles. The fourth-order valence-electron chi connectivity index (χ4n) is 1.88. The molecule has 0 radical (unpaired) electrons. The van der Waals surface area contributed by atoms with Crippen LogP contribution >= 0.6 is 0 Å². The molecule has 0 saturated carbocycles. The third-order valence-electron chi connectivity index (χ3n) is 3.01. The zero-order chi connectivity index (χ0) is 14.4. The fourth-order valence-corrected chi connectivity index (χ4v) is 1.88. The number of para-hydroxylation sites is 2. The molecule has 2 aromatic carbocycles. The fraction of sp³-hybridized carbons (Fsp3) is 0.250. The zero-order valence-corrected chi connectivity index (χ0v) is 11.7. The van der Waals surface area contributed by atoms with Gasteiger partial charge in [-0.2, -0.15) is 0 Å². The molecule has 0 bridgehead atoms. The number of halogens is 1. The van der Waals surface area contributed by atoms with E-state index >= 15 is 0 Å². The van der Waals surface area contributed by atoms with Crippen molar-refractivity contribution in [2.75, 3.05) is 25.6 Å². The summed E-state index contributed by atoms with van der Waals surface area (Å²) < 4.78 is 24.2. The minimum Gasteiger partial charge on any atom is -0.493 e. The maximum Gasteiger partial charge on any atom is 0.161 e. The lowest BCUT2D eigenvalue weighted by Gasteiger charge is -2.12. The summed E-state index contributed by atoms with van der Waals surface area (Å²) in [5.74, 6) is 1.20. The molecule has 0 spiro atoms. The molecule has 0 amide bonds. The Bertz CT molecular complexity index is 572. The summed E-state index contributed by atoms with van der Waals surface area (Å²) in [5, 5.41) is 3.16. The number of ether oxygens (including phenoxy) is 2. The van der Waals surface area contributed by atoms with Crippen LogP contribution in [0.15, 0.2) is 42.5 Å². The molecule has 0 heterocycles. The molecule has 106 valence electrons. The zero-order valence-electron chi connectivity index (χ0n) is 11.7. The third kappa shape index (κ3) is 3.41. The Balaban J connectivity index is 1.86. The molecule has 2 aromatic rings. The van der Waals surface area contributed by atoms with Gasteiger partial charge < -0.3 is 14.8 Å². The highest BCUT2D eigenvalue weighted by Gasteiger charge is 2.04. The lowest BCUT2D eigenvalue weighted by molar-refractivity contribution is 0.306. The van der Waals surface area contributed by atoms with Crippen molar-refractivity contribution in [1.29, 1.82) is 0 Å². The van der Waals surface area contributed by atoms with Gasteiger partial charge in [0.25, 0.3) is 0 Å². The number of methoxy groups -OCH3 is 1. The normalized spacial score (nSPS) is 10.2. The van der Waals surface area contributed by atoms with Crippen LogP contribution in [0.25, 0.3) is 0 Å². The largest absolute Gasteiger partial charge is 0.493 e. The molecule has 2 rings (SSSR count). The van der Waals surface area contributed by atoms with Gasteiger partial charge in [-0.25, -0.2) is 4.39 Å². The van der Waals surface area contributed by atoms with E-state index in [1.165, 1.54) is 6.07 Å². The van der Waals surface area contributed by atoms with Gasteiger partial charge in [-0.05, 0) is 31.2 Å². The second kappa shape index (κ2) is 6.80. The molecule has 3 nitrogen and oxygen atoms in total. The predicted octanol–water partition coefficient (Wildman–Crippen LogP) is 3.63. The Morgan fingerprint density at radius 3 is 2.55 bits per heavy atom. The second-order valence-electron chi connectivity index (χ2n) is 4.34. The molecule has 0 unspecified atom stereocenters. The van der Waals surface area contributed by atoms with Crippen molar-refractivity contribution in [1.82, 2.24) is 0 Å². The maximum absolute atomic E-state index is 13.4. The van der Waals surface area contributed by atoms with Crippen LogP contribution in [-0.2, 0) is 0 Å². The average molecular weight is 275 g/mol. The average Bonchev–Trinajstić information content (AvgIpc) is 2.48. The molecule has 20 heavy (non-hydrogen) atoms. The molecule has 0 fully saturated rings. The second-order valence-corrected chi connectivity index (χ2v) is 4.34. The first-order valence-corrected chi connectivity index (χ1v) is 6.47. The van der Waals surface area contributed by atoms with E-state index in [4.69, 9.17) is 9.47 Å². The summed E-state index contributed by atoms with van der Waals surface area (Å²) in [5.41, 5.74) is 1.40. The van der Waals surface area contributed by atoms with Crippen molar-refractivity contribution >= 4 is 5.69 Å². The first kappa shape index (κ1) is 14.2. The summed E-state index contributed by atoms with van der Waals surface area (Å²) >= 11 is 0. The van der Waals surface area contributed by atoms with E-state index in [1.54, 1.807) is 20.1 Å². The summed E-state index contributed by atoms with van der Waals surface area (Å²) in [7, 11) is 1.61. The number of nitrogens with one attached hydrogen (secondary N) is 1. The van der Waals surface area contributed by atoms with E-state index in [-0.39, 0.29) is 5.82 Å². The van der Waals surface area contributed by atoms with Gasteiger partial charge in [0.1, 0.15) is 12.4 Å². The topological polar surface area (TPSA) is 30.5 Å². The van der Waals surface area contributed by atoms with Crippen molar-refractivity contribution in [2.24, 2.45) is 0 Å². The van der Waals surface area contributed by atoms with Crippen molar-refractivity contribution in [2.45, 2.75) is 6.92 Å². The van der Waals surface area contributed by atoms with E-state index in [1.807, 2.05) is 30.3 Å². The van der Waals surface area contributed by atoms with Crippen LogP contribution in [0.1, 0.15) is 5.56 Å². The van der Waals surface area contributed by atoms with Gasteiger partial charge in [-0.3, -0.25) is 0 Å². The molecule has 0 aliphatic rings. The third-order valence-corrected chi connectivity index (χ3v) is 3.01. The Labute approximate surface area is 118 Å². The van der Waals surface area contributed by atoms with E-state index in [0.717, 1.165) is 5.69 Å². The number of benzene rings is 2. The monoisotopic (exact) mass is 275 g/mol. The lowest BCUT2D eigenvalue weighted by atomic mass is 10.2. The molecule has 0 aliphatic carbocycles. The Hall–Kier alpha value is -2.23. The quantitative estimate of drug-likeness (QED) is 0.817. The van der Waals surface area contributed by atoms with Gasteiger partial charge in [0, 0.05) is 17.8 Å². The van der Waals surface area contributed by atoms with Gasteiger partial charge >= 0.3 is 0 Å². The number of hydrogen-bond acceptors (Lipinski definition) is 3. The van der Waals surface area contributed by atoms with E-state index in [2.05, 4.69) is 5.32 Å². The Morgan fingerprint density at radius 1 is 1.05 bits per heavy atom. The number of rotatable bonds is 6. The molecular weight excluding hydrogens is 257 g/mol. The van der Waals surface area contributed by atoms with Crippen LogP contribution < -0.4 is 14.8 Å². The van der Waals surface area contributed by atoms with Crippen molar-refractivity contribution in [3.8, 4) is 11.5 Å². The number of hydrogen-bond donors (Lipinski definition) is 1. The van der Waals surface area contributed by atoms with Gasteiger partial charge in [-0.15, -0.1) is 0 Å². The summed E-state index contributed by atoms with van der Waals surface area (Å²) in [4.78, 5) is 0. The summed E-state index contributed by atoms with van der Waals surface area (Å²) in [6, 6.07) is 12.5. The van der Waals surface area contributed by atoms with Gasteiger partial charge in [0.2, 0.25) is 0 Å². The van der Waals surface area contributed by atoms with Crippen molar-refractivity contribution < 1.29 is 13.9 Å². The van der Waals surface area contributed by atoms with Crippen LogP contribution in [0.3, 0.4) is 0 Å². The highest BCUT2D eigenvalue weighted by molar-refractivity contribution is 5.50. The van der Waals surface area contributed by atoms with Crippen LogP contribution in [0.4, 0.5) is 10.1 Å². The minimum absolute atomic E-state index is 0.208. The van der Waals surface area contributed by atoms with Gasteiger partial charge in [0.05, 0.1) is 7.11 Å². The number of anilines is 1. The molecular formula is C16H18FNO2. The molecule has 1 N–H and O–H groups in total. The minimum atomic E-state index is -0.208. The molecule has 0 saturated heterocycles. The predicted molar refractivity (Wildman–Crippen MR) is 78.1 cm³/mol. The standard InChI is InChI=1S/C16H18FNO2/c1-12-13(17)6-5-7-14(12)18-10-11-20-16-9-4-3-8-15(16)19-2/h3-9,18H,10-11H2,1-2H3. The summed E-state index contributed by atoms with van der Waals surface area (Å²) in [6.07, 6.45) is 0. The van der Waals surface area contributed by atoms with Crippen LogP contribution in [0, 0.1) is 12.7 Å². The maximum atomic E-state index is 13.4. The van der Waals surface area contributed by atoms with Gasteiger partial charge in [0.15, 0.2) is 11.5 Å². The highest BCUT2D eigenvalue weighted by Crippen LogP contribution is 2.25. The molecule has 0 atom stereocenters. The SMILES string of the molecule is COc1ccccc1OCCNc1cccc(F)c1C. The van der Waals surface area contributed by atoms with Crippen molar-refractivity contribution in [3.63, 3.8) is 0 Å². The summed E-state index contributed by atoms with van der Waals surface area (Å²) in [6.45, 7) is 2.80. The lowest BCUT2D eigenvalue weighted by Crippen LogP contribution is -2.12. The molecule has 0 aliphatic heterocycles. The first-order chi connectivity index (χ1) is 9.72. The van der Waals surface area contributed by atoms with E-state index in [0.29, 0.717) is 30.2 Å². The Kier molecular flexibility index (Phi) is 4.82. The highest BCUT2D eigenvalue weighted by atomic mass is 19.1. The van der Waals surface area contributed by atoms with E-state index < -0.39 is 0 Å². The van der Waals surface area contributed by atoms with Crippen molar-refractivity contribution in [3.05, 3.63) is 53.8 Å². The molecule has 4 heteroatoms. The van der Waals surface area contributed by atoms with Crippen LogP contribution in [-0.4, -0.2) is 20.3 Å². The van der Waals surface area contributed by atoms with Crippen LogP contribution in [0.2, 0.25) is 0 Å². The Morgan fingerprint density at radius 2 is 1.80 bits per heavy atom. The van der Waals surface area contributed by atoms with Crippen LogP contribution in [0.5, 0.6) is 11.5 Å². The smallest absolute Gasteiger partial charge is 0.161 e. The first-order valence-electron chi connectivity index (χ1n) is 6.47. The van der Waals surface area contributed by atoms with E-state index in [9.17, 15) is 4.39 Å². The van der Waals surface area contributed by atoms with Gasteiger partial charge in [-0.1, -0.05) is 18.2 Å².